The Morgan fingerprint density at radius 1 is 1.13 bits per heavy atom. The number of hydrogen-bond acceptors (Lipinski definition) is 6. The van der Waals surface area contributed by atoms with Crippen molar-refractivity contribution >= 4 is 38.1 Å². The number of piperidine rings is 1. The number of hydrogen-bond donors (Lipinski definition) is 2. The molecule has 0 aliphatic carbocycles. The Labute approximate surface area is 187 Å². The number of nitrogens with zero attached hydrogens (tertiary/aromatic N) is 2. The molecule has 0 spiro atoms. The number of carbonyl (C=O) groups excluding carboxylic acids is 1. The molecule has 0 aromatic heterocycles. The molecule has 4 rings (SSSR count). The fourth-order valence-corrected chi connectivity index (χ4v) is 5.96. The maximum absolute atomic E-state index is 12.8. The molecule has 2 fully saturated rings. The molecule has 9 heteroatoms. The van der Waals surface area contributed by atoms with Crippen LogP contribution in [0, 0.1) is 0 Å². The lowest BCUT2D eigenvalue weighted by Gasteiger charge is -2.40. The van der Waals surface area contributed by atoms with Crippen molar-refractivity contribution in [3.63, 3.8) is 0 Å². The molecule has 1 amide bonds. The summed E-state index contributed by atoms with van der Waals surface area (Å²) in [6.45, 7) is 4.04. The minimum absolute atomic E-state index is 0.0884. The second kappa shape index (κ2) is 9.42. The first-order valence-corrected chi connectivity index (χ1v) is 12.7. The van der Waals surface area contributed by atoms with E-state index in [1.54, 1.807) is 35.2 Å². The number of aliphatic hydroxyl groups excluding tert-OH is 1. The average Bonchev–Trinajstić information content (AvgIpc) is 2.78. The highest BCUT2D eigenvalue weighted by Gasteiger charge is 2.32. The quantitative estimate of drug-likeness (QED) is 0.700. The van der Waals surface area contributed by atoms with Crippen molar-refractivity contribution in [2.75, 3.05) is 38.6 Å². The van der Waals surface area contributed by atoms with Crippen molar-refractivity contribution in [2.45, 2.75) is 36.3 Å². The summed E-state index contributed by atoms with van der Waals surface area (Å²) in [5, 5.41) is 15.9. The Bertz CT molecular complexity index is 1050. The molecule has 2 N–H and O–H groups in total. The fourth-order valence-electron chi connectivity index (χ4n) is 4.45. The van der Waals surface area contributed by atoms with Gasteiger partial charge in [0.1, 0.15) is 6.10 Å². The first-order chi connectivity index (χ1) is 14.8. The molecule has 0 unspecified atom stereocenters. The summed E-state index contributed by atoms with van der Waals surface area (Å²) in [5.41, 5.74) is 0. The maximum atomic E-state index is 12.8. The zero-order valence-electron chi connectivity index (χ0n) is 17.3. The van der Waals surface area contributed by atoms with E-state index < -0.39 is 27.6 Å². The number of amides is 1. The highest BCUT2D eigenvalue weighted by atomic mass is 35.5. The van der Waals surface area contributed by atoms with E-state index in [1.807, 2.05) is 0 Å². The zero-order valence-corrected chi connectivity index (χ0v) is 18.9. The number of halogens is 1. The SMILES string of the molecule is O=C([C@H](O)CS(=O)(=O)c1ccc2cc(Cl)ccc2c1)N1CCC(N2CCCNC2)CC1. The largest absolute Gasteiger partial charge is 0.382 e. The zero-order chi connectivity index (χ0) is 22.0. The smallest absolute Gasteiger partial charge is 0.252 e. The monoisotopic (exact) mass is 465 g/mol. The molecule has 0 bridgehead atoms. The molecular formula is C22H28ClN3O4S. The van der Waals surface area contributed by atoms with Gasteiger partial charge in [-0.15, -0.1) is 0 Å². The van der Waals surface area contributed by atoms with Crippen molar-refractivity contribution in [2.24, 2.45) is 0 Å². The van der Waals surface area contributed by atoms with Crippen LogP contribution in [0.3, 0.4) is 0 Å². The number of nitrogens with one attached hydrogen (secondary N) is 1. The Balaban J connectivity index is 1.37. The second-order valence-corrected chi connectivity index (χ2v) is 10.8. The van der Waals surface area contributed by atoms with Crippen LogP contribution in [-0.4, -0.2) is 80.0 Å². The van der Waals surface area contributed by atoms with Gasteiger partial charge in [0, 0.05) is 37.4 Å². The fraction of sp³-hybridized carbons (Fsp3) is 0.500. The van der Waals surface area contributed by atoms with Gasteiger partial charge in [0.25, 0.3) is 5.91 Å². The van der Waals surface area contributed by atoms with Gasteiger partial charge in [0.2, 0.25) is 0 Å². The minimum Gasteiger partial charge on any atom is -0.382 e. The molecule has 2 saturated heterocycles. The molecule has 2 aliphatic rings. The minimum atomic E-state index is -3.82. The normalized spacial score (nSPS) is 20.1. The lowest BCUT2D eigenvalue weighted by atomic mass is 10.0. The molecule has 2 heterocycles. The van der Waals surface area contributed by atoms with Gasteiger partial charge in [-0.1, -0.05) is 23.7 Å². The lowest BCUT2D eigenvalue weighted by Crippen LogP contribution is -2.53. The van der Waals surface area contributed by atoms with Crippen molar-refractivity contribution in [1.29, 1.82) is 0 Å². The summed E-state index contributed by atoms with van der Waals surface area (Å²) in [6.07, 6.45) is 1.22. The standard InChI is InChI=1S/C22H28ClN3O4S/c23-18-4-2-17-13-20(5-3-16(17)12-18)31(29,30)14-21(27)22(28)25-10-6-19(7-11-25)26-9-1-8-24-15-26/h2-5,12-13,19,21,24,27H,1,6-11,14-15H2/t21-/m1/s1. The van der Waals surface area contributed by atoms with E-state index >= 15 is 0 Å². The molecular weight excluding hydrogens is 438 g/mol. The molecule has 31 heavy (non-hydrogen) atoms. The van der Waals surface area contributed by atoms with E-state index in [0.29, 0.717) is 24.2 Å². The number of fused-ring (bicyclic) bond motifs is 1. The van der Waals surface area contributed by atoms with E-state index in [1.165, 1.54) is 6.07 Å². The van der Waals surface area contributed by atoms with Crippen LogP contribution < -0.4 is 5.32 Å². The number of rotatable bonds is 5. The first kappa shape index (κ1) is 22.5. The predicted octanol–water partition coefficient (Wildman–Crippen LogP) is 1.87. The van der Waals surface area contributed by atoms with Crippen LogP contribution in [0.1, 0.15) is 19.3 Å². The van der Waals surface area contributed by atoms with Crippen molar-refractivity contribution in [3.05, 3.63) is 41.4 Å². The first-order valence-electron chi connectivity index (χ1n) is 10.7. The molecule has 0 radical (unpaired) electrons. The van der Waals surface area contributed by atoms with Crippen molar-refractivity contribution in [1.82, 2.24) is 15.1 Å². The molecule has 0 saturated carbocycles. The van der Waals surface area contributed by atoms with Crippen LogP contribution in [-0.2, 0) is 14.6 Å². The van der Waals surface area contributed by atoms with E-state index in [4.69, 9.17) is 11.6 Å². The number of sulfone groups is 1. The summed E-state index contributed by atoms with van der Waals surface area (Å²) in [4.78, 5) is 16.8. The van der Waals surface area contributed by atoms with Crippen molar-refractivity contribution in [3.8, 4) is 0 Å². The summed E-state index contributed by atoms with van der Waals surface area (Å²) < 4.78 is 25.7. The van der Waals surface area contributed by atoms with E-state index in [2.05, 4.69) is 10.2 Å². The van der Waals surface area contributed by atoms with Gasteiger partial charge < -0.3 is 15.3 Å². The summed E-state index contributed by atoms with van der Waals surface area (Å²) >= 11 is 5.98. The number of carbonyl (C=O) groups is 1. The summed E-state index contributed by atoms with van der Waals surface area (Å²) in [7, 11) is -3.82. The van der Waals surface area contributed by atoms with Crippen LogP contribution in [0.15, 0.2) is 41.3 Å². The highest BCUT2D eigenvalue weighted by Crippen LogP contribution is 2.24. The van der Waals surface area contributed by atoms with Gasteiger partial charge in [-0.25, -0.2) is 8.42 Å². The molecule has 2 aromatic rings. The number of likely N-dealkylation sites (tertiary alicyclic amines) is 1. The van der Waals surface area contributed by atoms with Gasteiger partial charge in [0.15, 0.2) is 9.84 Å². The molecule has 7 nitrogen and oxygen atoms in total. The van der Waals surface area contributed by atoms with E-state index in [9.17, 15) is 18.3 Å². The van der Waals surface area contributed by atoms with Crippen LogP contribution in [0.5, 0.6) is 0 Å². The molecule has 1 atom stereocenters. The van der Waals surface area contributed by atoms with Crippen LogP contribution in [0.2, 0.25) is 5.02 Å². The topological polar surface area (TPSA) is 89.9 Å². The van der Waals surface area contributed by atoms with Crippen LogP contribution >= 0.6 is 11.6 Å². The van der Waals surface area contributed by atoms with E-state index in [-0.39, 0.29) is 4.90 Å². The highest BCUT2D eigenvalue weighted by molar-refractivity contribution is 7.91. The van der Waals surface area contributed by atoms with Crippen LogP contribution in [0.25, 0.3) is 10.8 Å². The number of aliphatic hydroxyl groups is 1. The van der Waals surface area contributed by atoms with Crippen molar-refractivity contribution < 1.29 is 18.3 Å². The third-order valence-corrected chi connectivity index (χ3v) is 8.16. The summed E-state index contributed by atoms with van der Waals surface area (Å²) in [6, 6.07) is 10.4. The molecule has 168 valence electrons. The molecule has 2 aromatic carbocycles. The Morgan fingerprint density at radius 2 is 1.84 bits per heavy atom. The summed E-state index contributed by atoms with van der Waals surface area (Å²) in [5.74, 6) is -1.13. The second-order valence-electron chi connectivity index (χ2n) is 8.33. The van der Waals surface area contributed by atoms with Gasteiger partial charge in [-0.3, -0.25) is 9.69 Å². The Hall–Kier alpha value is -1.71. The van der Waals surface area contributed by atoms with Gasteiger partial charge in [-0.2, -0.15) is 0 Å². The van der Waals surface area contributed by atoms with Gasteiger partial charge in [-0.05, 0) is 60.8 Å². The van der Waals surface area contributed by atoms with Gasteiger partial charge >= 0.3 is 0 Å². The average molecular weight is 466 g/mol. The third-order valence-electron chi connectivity index (χ3n) is 6.20. The maximum Gasteiger partial charge on any atom is 0.252 e. The number of benzene rings is 2. The predicted molar refractivity (Wildman–Crippen MR) is 121 cm³/mol. The third kappa shape index (κ3) is 5.21. The van der Waals surface area contributed by atoms with E-state index in [0.717, 1.165) is 49.8 Å². The Kier molecular flexibility index (Phi) is 6.83. The Morgan fingerprint density at radius 3 is 2.55 bits per heavy atom. The van der Waals surface area contributed by atoms with Gasteiger partial charge in [0.05, 0.1) is 10.6 Å². The van der Waals surface area contributed by atoms with Crippen LogP contribution in [0.4, 0.5) is 0 Å². The molecule has 2 aliphatic heterocycles. The lowest BCUT2D eigenvalue weighted by molar-refractivity contribution is -0.140.